The Balaban J connectivity index is 1.17. The molecule has 0 unspecified atom stereocenters. The van der Waals surface area contributed by atoms with Gasteiger partial charge in [-0.25, -0.2) is 4.98 Å². The summed E-state index contributed by atoms with van der Waals surface area (Å²) in [5.74, 6) is 2.47. The molecule has 0 fully saturated rings. The molecule has 0 aliphatic heterocycles. The number of hydrogen-bond donors (Lipinski definition) is 1. The highest BCUT2D eigenvalue weighted by Gasteiger charge is 2.12. The highest BCUT2D eigenvalue weighted by atomic mass is 16.6. The van der Waals surface area contributed by atoms with Crippen molar-refractivity contribution in [1.82, 2.24) is 4.98 Å². The second kappa shape index (κ2) is 13.8. The molecule has 0 radical (unpaired) electrons. The fourth-order valence-electron chi connectivity index (χ4n) is 4.09. The van der Waals surface area contributed by atoms with E-state index in [1.807, 2.05) is 116 Å². The Morgan fingerprint density at radius 1 is 0.786 bits per heavy atom. The molecule has 1 aromatic heterocycles. The number of oxime groups is 1. The number of benzene rings is 4. The van der Waals surface area contributed by atoms with Crippen LogP contribution in [0.15, 0.2) is 119 Å². The maximum absolute atomic E-state index is 11.2. The number of carboxylic acids is 1. The molecule has 0 amide bonds. The third-order valence-corrected chi connectivity index (χ3v) is 6.36. The van der Waals surface area contributed by atoms with E-state index in [0.29, 0.717) is 28.9 Å². The second-order valence-electron chi connectivity index (χ2n) is 9.47. The van der Waals surface area contributed by atoms with E-state index in [-0.39, 0.29) is 26.1 Å². The zero-order valence-electron chi connectivity index (χ0n) is 23.1. The van der Waals surface area contributed by atoms with Crippen LogP contribution in [0.1, 0.15) is 35.4 Å². The normalized spacial score (nSPS) is 11.2. The molecule has 0 saturated heterocycles. The first-order valence-electron chi connectivity index (χ1n) is 13.5. The molecule has 5 rings (SSSR count). The van der Waals surface area contributed by atoms with Crippen molar-refractivity contribution in [1.29, 1.82) is 0 Å². The number of carbonyl (C=O) groups is 1. The van der Waals surface area contributed by atoms with Crippen molar-refractivity contribution in [2.75, 3.05) is 0 Å². The average Bonchev–Trinajstić information content (AvgIpc) is 3.40. The zero-order valence-corrected chi connectivity index (χ0v) is 23.1. The minimum absolute atomic E-state index is 0.0612. The van der Waals surface area contributed by atoms with Gasteiger partial charge < -0.3 is 23.8 Å². The smallest absolute Gasteiger partial charge is 0.303 e. The van der Waals surface area contributed by atoms with E-state index < -0.39 is 5.97 Å². The van der Waals surface area contributed by atoms with Crippen molar-refractivity contribution in [3.63, 3.8) is 0 Å². The summed E-state index contributed by atoms with van der Waals surface area (Å²) >= 11 is 0. The summed E-state index contributed by atoms with van der Waals surface area (Å²) in [4.78, 5) is 21.4. The molecule has 212 valence electrons. The molecule has 1 N–H and O–H groups in total. The van der Waals surface area contributed by atoms with Gasteiger partial charge in [0.15, 0.2) is 0 Å². The Labute approximate surface area is 243 Å². The van der Waals surface area contributed by atoms with Crippen LogP contribution in [0.2, 0.25) is 0 Å². The Morgan fingerprint density at radius 3 is 2.12 bits per heavy atom. The molecule has 8 nitrogen and oxygen atoms in total. The van der Waals surface area contributed by atoms with E-state index in [9.17, 15) is 9.90 Å². The SMILES string of the molecule is Cc1oc(-c2ccccc2)nc1COc1ccc(CO/N=C(\CCC(=O)O)c2ccc(Oc3ccccc3)cc2)cc1. The predicted molar refractivity (Wildman–Crippen MR) is 159 cm³/mol. The minimum Gasteiger partial charge on any atom is -0.487 e. The molecule has 0 aliphatic carbocycles. The van der Waals surface area contributed by atoms with Gasteiger partial charge in [0, 0.05) is 12.0 Å². The van der Waals surface area contributed by atoms with Crippen LogP contribution in [-0.2, 0) is 22.8 Å². The third kappa shape index (κ3) is 7.85. The number of rotatable bonds is 13. The zero-order chi connectivity index (χ0) is 29.1. The summed E-state index contributed by atoms with van der Waals surface area (Å²) in [7, 11) is 0. The van der Waals surface area contributed by atoms with E-state index in [1.54, 1.807) is 0 Å². The van der Waals surface area contributed by atoms with Gasteiger partial charge in [-0.15, -0.1) is 0 Å². The number of carboxylic acid groups (broad SMARTS) is 1. The van der Waals surface area contributed by atoms with Crippen LogP contribution < -0.4 is 9.47 Å². The van der Waals surface area contributed by atoms with Crippen molar-refractivity contribution in [2.45, 2.75) is 33.0 Å². The van der Waals surface area contributed by atoms with Crippen LogP contribution in [0.4, 0.5) is 0 Å². The number of aliphatic carboxylic acids is 1. The summed E-state index contributed by atoms with van der Waals surface area (Å²) in [5, 5.41) is 13.5. The second-order valence-corrected chi connectivity index (χ2v) is 9.47. The molecule has 0 saturated carbocycles. The van der Waals surface area contributed by atoms with Gasteiger partial charge in [-0.3, -0.25) is 4.79 Å². The lowest BCUT2D eigenvalue weighted by atomic mass is 10.1. The van der Waals surface area contributed by atoms with Crippen LogP contribution >= 0.6 is 0 Å². The van der Waals surface area contributed by atoms with Gasteiger partial charge in [-0.2, -0.15) is 0 Å². The molecule has 1 heterocycles. The summed E-state index contributed by atoms with van der Waals surface area (Å²) in [5.41, 5.74) is 3.85. The monoisotopic (exact) mass is 562 g/mol. The predicted octanol–water partition coefficient (Wildman–Crippen LogP) is 7.81. The Hall–Kier alpha value is -5.37. The van der Waals surface area contributed by atoms with Crippen LogP contribution in [0.5, 0.6) is 17.2 Å². The first-order chi connectivity index (χ1) is 20.5. The van der Waals surface area contributed by atoms with Crippen LogP contribution in [0, 0.1) is 6.92 Å². The van der Waals surface area contributed by atoms with Crippen LogP contribution in [0.25, 0.3) is 11.5 Å². The molecule has 0 bridgehead atoms. The first-order valence-corrected chi connectivity index (χ1v) is 13.5. The van der Waals surface area contributed by atoms with Gasteiger partial charge in [0.2, 0.25) is 5.89 Å². The highest BCUT2D eigenvalue weighted by molar-refractivity contribution is 6.01. The van der Waals surface area contributed by atoms with Crippen molar-refractivity contribution >= 4 is 11.7 Å². The molecule has 0 atom stereocenters. The molecule has 8 heteroatoms. The van der Waals surface area contributed by atoms with E-state index in [2.05, 4.69) is 10.1 Å². The van der Waals surface area contributed by atoms with E-state index >= 15 is 0 Å². The topological polar surface area (TPSA) is 103 Å². The van der Waals surface area contributed by atoms with Crippen LogP contribution in [-0.4, -0.2) is 21.8 Å². The first kappa shape index (κ1) is 28.2. The summed E-state index contributed by atoms with van der Waals surface area (Å²) in [6.07, 6.45) is 0.169. The molecular weight excluding hydrogens is 532 g/mol. The number of nitrogens with zero attached hydrogens (tertiary/aromatic N) is 2. The largest absolute Gasteiger partial charge is 0.487 e. The molecule has 5 aromatic rings. The Kier molecular flexibility index (Phi) is 9.26. The number of para-hydroxylation sites is 1. The lowest BCUT2D eigenvalue weighted by Gasteiger charge is -2.09. The van der Waals surface area contributed by atoms with Crippen molar-refractivity contribution in [2.24, 2.45) is 5.16 Å². The average molecular weight is 563 g/mol. The number of aryl methyl sites for hydroxylation is 1. The molecule has 0 aliphatic rings. The van der Waals surface area contributed by atoms with Gasteiger partial charge in [0.05, 0.1) is 12.1 Å². The molecular formula is C34H30N2O6. The lowest BCUT2D eigenvalue weighted by Crippen LogP contribution is -2.06. The number of aromatic nitrogens is 1. The Morgan fingerprint density at radius 2 is 1.43 bits per heavy atom. The van der Waals surface area contributed by atoms with E-state index in [1.165, 1.54) is 0 Å². The maximum Gasteiger partial charge on any atom is 0.303 e. The lowest BCUT2D eigenvalue weighted by molar-refractivity contribution is -0.136. The van der Waals surface area contributed by atoms with Gasteiger partial charge in [0.25, 0.3) is 0 Å². The number of hydrogen-bond acceptors (Lipinski definition) is 7. The summed E-state index contributed by atoms with van der Waals surface area (Å²) in [6, 6.07) is 34.0. The van der Waals surface area contributed by atoms with Gasteiger partial charge >= 0.3 is 5.97 Å². The van der Waals surface area contributed by atoms with E-state index in [4.69, 9.17) is 18.7 Å². The summed E-state index contributed by atoms with van der Waals surface area (Å²) < 4.78 is 17.6. The van der Waals surface area contributed by atoms with Crippen molar-refractivity contribution < 1.29 is 28.6 Å². The number of oxazole rings is 1. The highest BCUT2D eigenvalue weighted by Crippen LogP contribution is 2.24. The van der Waals surface area contributed by atoms with Gasteiger partial charge in [-0.05, 0) is 78.7 Å². The van der Waals surface area contributed by atoms with Crippen molar-refractivity contribution in [3.05, 3.63) is 132 Å². The minimum atomic E-state index is -0.903. The standard InChI is InChI=1S/C34H30N2O6/c1-24-32(35-34(41-24)27-8-4-2-5-9-27)23-39-28-16-12-25(13-17-28)22-40-36-31(20-21-33(37)38)26-14-18-30(19-15-26)42-29-10-6-3-7-11-29/h2-19H,20-23H2,1H3,(H,37,38)/b36-31+. The molecule has 0 spiro atoms. The Bertz CT molecular complexity index is 1610. The van der Waals surface area contributed by atoms with Gasteiger partial charge in [0.1, 0.15) is 41.9 Å². The fourth-order valence-corrected chi connectivity index (χ4v) is 4.09. The van der Waals surface area contributed by atoms with Crippen LogP contribution in [0.3, 0.4) is 0 Å². The van der Waals surface area contributed by atoms with Crippen molar-refractivity contribution in [3.8, 4) is 28.7 Å². The summed E-state index contributed by atoms with van der Waals surface area (Å²) in [6.45, 7) is 2.37. The molecule has 42 heavy (non-hydrogen) atoms. The van der Waals surface area contributed by atoms with E-state index in [0.717, 1.165) is 28.1 Å². The maximum atomic E-state index is 11.2. The fraction of sp³-hybridized carbons (Fsp3) is 0.147. The van der Waals surface area contributed by atoms with Gasteiger partial charge in [-0.1, -0.05) is 53.7 Å². The number of ether oxygens (including phenoxy) is 2. The molecule has 4 aromatic carbocycles. The third-order valence-electron chi connectivity index (χ3n) is 6.36. The quantitative estimate of drug-likeness (QED) is 0.115.